The van der Waals surface area contributed by atoms with E-state index < -0.39 is 10.1 Å². The minimum Gasteiger partial charge on any atom is -0.491 e. The zero-order chi connectivity index (χ0) is 17.0. The maximum Gasteiger partial charge on any atom is 0.297 e. The van der Waals surface area contributed by atoms with Gasteiger partial charge in [-0.15, -0.1) is 0 Å². The Bertz CT molecular complexity index is 800. The van der Waals surface area contributed by atoms with Gasteiger partial charge in [-0.05, 0) is 55.7 Å². The summed E-state index contributed by atoms with van der Waals surface area (Å²) in [5, 5.41) is 3.34. The van der Waals surface area contributed by atoms with Crippen molar-refractivity contribution in [3.8, 4) is 5.75 Å². The van der Waals surface area contributed by atoms with E-state index >= 15 is 0 Å². The van der Waals surface area contributed by atoms with Crippen LogP contribution in [0.2, 0.25) is 0 Å². The molecule has 0 bridgehead atoms. The van der Waals surface area contributed by atoms with Gasteiger partial charge in [0.2, 0.25) is 0 Å². The topological polar surface area (TPSA) is 64.6 Å². The first kappa shape index (κ1) is 16.8. The second-order valence-electron chi connectivity index (χ2n) is 5.79. The third-order valence-corrected chi connectivity index (χ3v) is 5.24. The molecule has 0 saturated carbocycles. The summed E-state index contributed by atoms with van der Waals surface area (Å²) in [4.78, 5) is 0.160. The Morgan fingerprint density at radius 1 is 1.08 bits per heavy atom. The van der Waals surface area contributed by atoms with Gasteiger partial charge in [-0.1, -0.05) is 17.7 Å². The van der Waals surface area contributed by atoms with Gasteiger partial charge in [-0.25, -0.2) is 0 Å². The van der Waals surface area contributed by atoms with Gasteiger partial charge in [0.25, 0.3) is 10.1 Å². The number of ether oxygens (including phenoxy) is 1. The van der Waals surface area contributed by atoms with Crippen LogP contribution in [-0.4, -0.2) is 28.2 Å². The second kappa shape index (κ2) is 7.23. The SMILES string of the molecule is Cc1ccc(S(=O)(=O)OCCOc2ccc3c(c2)CCCN3)cc1. The molecular formula is C18H21NO4S. The molecule has 2 aromatic carbocycles. The number of anilines is 1. The number of hydrogen-bond donors (Lipinski definition) is 1. The molecule has 1 aliphatic heterocycles. The van der Waals surface area contributed by atoms with Gasteiger partial charge in [0.05, 0.1) is 4.90 Å². The summed E-state index contributed by atoms with van der Waals surface area (Å²) in [5.74, 6) is 0.730. The number of nitrogens with one attached hydrogen (secondary N) is 1. The molecule has 0 atom stereocenters. The molecular weight excluding hydrogens is 326 g/mol. The predicted molar refractivity (Wildman–Crippen MR) is 93.1 cm³/mol. The van der Waals surface area contributed by atoms with E-state index in [0.717, 1.165) is 36.4 Å². The highest BCUT2D eigenvalue weighted by atomic mass is 32.2. The van der Waals surface area contributed by atoms with Crippen LogP contribution in [-0.2, 0) is 20.7 Å². The first-order valence-corrected chi connectivity index (χ1v) is 9.41. The first-order chi connectivity index (χ1) is 11.5. The van der Waals surface area contributed by atoms with Gasteiger partial charge >= 0.3 is 0 Å². The molecule has 1 N–H and O–H groups in total. The van der Waals surface area contributed by atoms with Crippen molar-refractivity contribution in [2.75, 3.05) is 25.1 Å². The molecule has 0 fully saturated rings. The maximum atomic E-state index is 12.1. The highest BCUT2D eigenvalue weighted by Crippen LogP contribution is 2.26. The number of fused-ring (bicyclic) bond motifs is 1. The lowest BCUT2D eigenvalue weighted by atomic mass is 10.0. The quantitative estimate of drug-likeness (QED) is 0.642. The van der Waals surface area contributed by atoms with Crippen molar-refractivity contribution in [2.24, 2.45) is 0 Å². The Kier molecular flexibility index (Phi) is 5.06. The van der Waals surface area contributed by atoms with Crippen LogP contribution in [0.4, 0.5) is 5.69 Å². The highest BCUT2D eigenvalue weighted by molar-refractivity contribution is 7.86. The third-order valence-electron chi connectivity index (χ3n) is 3.92. The van der Waals surface area contributed by atoms with E-state index in [1.54, 1.807) is 24.3 Å². The molecule has 0 spiro atoms. The van der Waals surface area contributed by atoms with E-state index in [4.69, 9.17) is 8.92 Å². The van der Waals surface area contributed by atoms with Crippen LogP contribution < -0.4 is 10.1 Å². The Labute approximate surface area is 142 Å². The summed E-state index contributed by atoms with van der Waals surface area (Å²) in [6.45, 7) is 3.06. The number of aryl methyl sites for hydroxylation is 2. The van der Waals surface area contributed by atoms with Gasteiger partial charge in [-0.2, -0.15) is 8.42 Å². The number of benzene rings is 2. The second-order valence-corrected chi connectivity index (χ2v) is 7.40. The van der Waals surface area contributed by atoms with Crippen molar-refractivity contribution >= 4 is 15.8 Å². The van der Waals surface area contributed by atoms with Gasteiger partial charge in [0.1, 0.15) is 19.0 Å². The molecule has 0 radical (unpaired) electrons. The molecule has 6 heteroatoms. The zero-order valence-corrected chi connectivity index (χ0v) is 14.4. The van der Waals surface area contributed by atoms with E-state index in [1.807, 2.05) is 25.1 Å². The van der Waals surface area contributed by atoms with Crippen LogP contribution in [0.25, 0.3) is 0 Å². The summed E-state index contributed by atoms with van der Waals surface area (Å²) in [6, 6.07) is 12.4. The summed E-state index contributed by atoms with van der Waals surface area (Å²) < 4.78 is 34.8. The van der Waals surface area contributed by atoms with Crippen LogP contribution in [0.15, 0.2) is 47.4 Å². The Balaban J connectivity index is 1.52. The molecule has 0 aromatic heterocycles. The van der Waals surface area contributed by atoms with Crippen molar-refractivity contribution in [1.29, 1.82) is 0 Å². The molecule has 0 saturated heterocycles. The van der Waals surface area contributed by atoms with Gasteiger partial charge in [0, 0.05) is 12.2 Å². The Hall–Kier alpha value is -2.05. The average molecular weight is 347 g/mol. The molecule has 0 amide bonds. The van der Waals surface area contributed by atoms with Crippen molar-refractivity contribution in [1.82, 2.24) is 0 Å². The molecule has 2 aromatic rings. The number of rotatable bonds is 6. The van der Waals surface area contributed by atoms with Crippen molar-refractivity contribution in [3.63, 3.8) is 0 Å². The lowest BCUT2D eigenvalue weighted by molar-refractivity contribution is 0.221. The van der Waals surface area contributed by atoms with Gasteiger partial charge < -0.3 is 10.1 Å². The van der Waals surface area contributed by atoms with Crippen LogP contribution in [0.1, 0.15) is 17.5 Å². The Morgan fingerprint density at radius 3 is 2.67 bits per heavy atom. The smallest absolute Gasteiger partial charge is 0.297 e. The van der Waals surface area contributed by atoms with E-state index in [9.17, 15) is 8.42 Å². The minimum atomic E-state index is -3.74. The zero-order valence-electron chi connectivity index (χ0n) is 13.6. The van der Waals surface area contributed by atoms with E-state index in [-0.39, 0.29) is 18.1 Å². The molecule has 0 unspecified atom stereocenters. The molecule has 128 valence electrons. The lowest BCUT2D eigenvalue weighted by Crippen LogP contribution is -2.14. The molecule has 1 aliphatic rings. The predicted octanol–water partition coefficient (Wildman–Crippen LogP) is 3.14. The van der Waals surface area contributed by atoms with Crippen LogP contribution in [0, 0.1) is 6.92 Å². The molecule has 0 aliphatic carbocycles. The van der Waals surface area contributed by atoms with Crippen LogP contribution in [0.3, 0.4) is 0 Å². The largest absolute Gasteiger partial charge is 0.491 e. The van der Waals surface area contributed by atoms with Crippen molar-refractivity contribution < 1.29 is 17.3 Å². The monoisotopic (exact) mass is 347 g/mol. The molecule has 1 heterocycles. The van der Waals surface area contributed by atoms with Gasteiger partial charge in [-0.3, -0.25) is 4.18 Å². The van der Waals surface area contributed by atoms with Crippen LogP contribution >= 0.6 is 0 Å². The first-order valence-electron chi connectivity index (χ1n) is 8.00. The third kappa shape index (κ3) is 4.07. The highest BCUT2D eigenvalue weighted by Gasteiger charge is 2.15. The minimum absolute atomic E-state index is 0.0223. The summed E-state index contributed by atoms with van der Waals surface area (Å²) in [6.07, 6.45) is 2.13. The van der Waals surface area contributed by atoms with Crippen LogP contribution in [0.5, 0.6) is 5.75 Å². The number of hydrogen-bond acceptors (Lipinski definition) is 5. The normalized spacial score (nSPS) is 13.9. The average Bonchev–Trinajstić information content (AvgIpc) is 2.59. The fourth-order valence-electron chi connectivity index (χ4n) is 2.62. The fourth-order valence-corrected chi connectivity index (χ4v) is 3.51. The standard InChI is InChI=1S/C18H21NO4S/c1-14-4-7-17(8-5-14)24(20,21)23-12-11-22-16-6-9-18-15(13-16)3-2-10-19-18/h4-9,13,19H,2-3,10-12H2,1H3. The summed E-state index contributed by atoms with van der Waals surface area (Å²) in [5.41, 5.74) is 3.37. The van der Waals surface area contributed by atoms with E-state index in [2.05, 4.69) is 5.32 Å². The Morgan fingerprint density at radius 2 is 1.88 bits per heavy atom. The molecule has 3 rings (SSSR count). The molecule has 24 heavy (non-hydrogen) atoms. The van der Waals surface area contributed by atoms with Gasteiger partial charge in [0.15, 0.2) is 0 Å². The van der Waals surface area contributed by atoms with E-state index in [0.29, 0.717) is 0 Å². The maximum absolute atomic E-state index is 12.1. The molecule has 5 nitrogen and oxygen atoms in total. The van der Waals surface area contributed by atoms with Crippen molar-refractivity contribution in [3.05, 3.63) is 53.6 Å². The van der Waals surface area contributed by atoms with Crippen molar-refractivity contribution in [2.45, 2.75) is 24.7 Å². The van der Waals surface area contributed by atoms with E-state index in [1.165, 1.54) is 5.56 Å². The summed E-state index contributed by atoms with van der Waals surface area (Å²) in [7, 11) is -3.74. The lowest BCUT2D eigenvalue weighted by Gasteiger charge is -2.18. The summed E-state index contributed by atoms with van der Waals surface area (Å²) >= 11 is 0. The fraction of sp³-hybridized carbons (Fsp3) is 0.333.